The lowest BCUT2D eigenvalue weighted by atomic mass is 10.1. The summed E-state index contributed by atoms with van der Waals surface area (Å²) in [5.41, 5.74) is 2.00. The lowest BCUT2D eigenvalue weighted by molar-refractivity contribution is 0.102. The largest absolute Gasteiger partial charge is 0.497 e. The first-order valence-electron chi connectivity index (χ1n) is 6.34. The zero-order valence-corrected chi connectivity index (χ0v) is 12.8. The maximum Gasteiger partial charge on any atom is 0.255 e. The Kier molecular flexibility index (Phi) is 4.70. The van der Waals surface area contributed by atoms with Crippen LogP contribution >= 0.6 is 11.6 Å². The van der Waals surface area contributed by atoms with E-state index >= 15 is 0 Å². The van der Waals surface area contributed by atoms with E-state index in [9.17, 15) is 4.79 Å². The first kappa shape index (κ1) is 15.2. The smallest absolute Gasteiger partial charge is 0.255 e. The Bertz CT molecular complexity index is 671. The number of rotatable bonds is 4. The predicted molar refractivity (Wildman–Crippen MR) is 83.7 cm³/mol. The molecule has 2 rings (SSSR count). The van der Waals surface area contributed by atoms with Gasteiger partial charge >= 0.3 is 0 Å². The number of ether oxygens (including phenoxy) is 2. The molecule has 2 aromatic rings. The summed E-state index contributed by atoms with van der Waals surface area (Å²) in [5, 5.41) is 3.18. The molecule has 0 aliphatic carbocycles. The fourth-order valence-electron chi connectivity index (χ4n) is 1.88. The van der Waals surface area contributed by atoms with E-state index in [1.807, 2.05) is 13.0 Å². The molecule has 5 heteroatoms. The monoisotopic (exact) mass is 305 g/mol. The van der Waals surface area contributed by atoms with Crippen molar-refractivity contribution >= 4 is 23.2 Å². The second-order valence-corrected chi connectivity index (χ2v) is 4.89. The van der Waals surface area contributed by atoms with Crippen LogP contribution in [-0.4, -0.2) is 20.1 Å². The Labute approximate surface area is 128 Å². The van der Waals surface area contributed by atoms with Crippen LogP contribution in [0.15, 0.2) is 36.4 Å². The van der Waals surface area contributed by atoms with E-state index in [0.717, 1.165) is 5.56 Å². The summed E-state index contributed by atoms with van der Waals surface area (Å²) in [5.74, 6) is 1.05. The molecule has 4 nitrogen and oxygen atoms in total. The SMILES string of the molecule is COc1ccc(NC(=O)c2ccc(C)c(OC)c2)c(Cl)c1. The van der Waals surface area contributed by atoms with Crippen molar-refractivity contribution in [2.75, 3.05) is 19.5 Å². The predicted octanol–water partition coefficient (Wildman–Crippen LogP) is 3.92. The third-order valence-electron chi connectivity index (χ3n) is 3.09. The molecule has 0 saturated heterocycles. The number of amides is 1. The fourth-order valence-corrected chi connectivity index (χ4v) is 2.10. The van der Waals surface area contributed by atoms with Crippen LogP contribution in [0.2, 0.25) is 5.02 Å². The first-order chi connectivity index (χ1) is 10.0. The van der Waals surface area contributed by atoms with Crippen molar-refractivity contribution in [3.8, 4) is 11.5 Å². The topological polar surface area (TPSA) is 47.6 Å². The second kappa shape index (κ2) is 6.50. The summed E-state index contributed by atoms with van der Waals surface area (Å²) in [6, 6.07) is 10.4. The van der Waals surface area contributed by atoms with Crippen LogP contribution in [0.5, 0.6) is 11.5 Å². The first-order valence-corrected chi connectivity index (χ1v) is 6.72. The van der Waals surface area contributed by atoms with Crippen LogP contribution in [-0.2, 0) is 0 Å². The number of benzene rings is 2. The zero-order valence-electron chi connectivity index (χ0n) is 12.1. The fraction of sp³-hybridized carbons (Fsp3) is 0.188. The molecule has 21 heavy (non-hydrogen) atoms. The Morgan fingerprint density at radius 2 is 1.86 bits per heavy atom. The van der Waals surface area contributed by atoms with Crippen molar-refractivity contribution in [1.82, 2.24) is 0 Å². The molecule has 0 bridgehead atoms. The number of methoxy groups -OCH3 is 2. The molecule has 0 atom stereocenters. The highest BCUT2D eigenvalue weighted by Crippen LogP contribution is 2.27. The molecule has 0 fully saturated rings. The van der Waals surface area contributed by atoms with Gasteiger partial charge in [0.05, 0.1) is 24.9 Å². The van der Waals surface area contributed by atoms with Crippen molar-refractivity contribution in [3.63, 3.8) is 0 Å². The van der Waals surface area contributed by atoms with Gasteiger partial charge in [0, 0.05) is 11.6 Å². The summed E-state index contributed by atoms with van der Waals surface area (Å²) in [7, 11) is 3.13. The standard InChI is InChI=1S/C16H16ClNO3/c1-10-4-5-11(8-15(10)21-3)16(19)18-14-7-6-12(20-2)9-13(14)17/h4-9H,1-3H3,(H,18,19). The van der Waals surface area contributed by atoms with E-state index in [1.165, 1.54) is 0 Å². The van der Waals surface area contributed by atoms with Gasteiger partial charge in [0.25, 0.3) is 5.91 Å². The van der Waals surface area contributed by atoms with Gasteiger partial charge in [0.2, 0.25) is 0 Å². The molecule has 0 heterocycles. The number of hydrogen-bond donors (Lipinski definition) is 1. The second-order valence-electron chi connectivity index (χ2n) is 4.48. The van der Waals surface area contributed by atoms with Crippen LogP contribution in [0, 0.1) is 6.92 Å². The Morgan fingerprint density at radius 3 is 2.48 bits per heavy atom. The van der Waals surface area contributed by atoms with Crippen molar-refractivity contribution in [3.05, 3.63) is 52.5 Å². The third-order valence-corrected chi connectivity index (χ3v) is 3.41. The van der Waals surface area contributed by atoms with Gasteiger partial charge in [-0.05, 0) is 36.8 Å². The number of halogens is 1. The average Bonchev–Trinajstić information content (AvgIpc) is 2.49. The summed E-state index contributed by atoms with van der Waals surface area (Å²) in [6.45, 7) is 1.92. The van der Waals surface area contributed by atoms with Crippen LogP contribution < -0.4 is 14.8 Å². The highest BCUT2D eigenvalue weighted by Gasteiger charge is 2.11. The van der Waals surface area contributed by atoms with E-state index in [0.29, 0.717) is 27.8 Å². The third kappa shape index (κ3) is 3.47. The van der Waals surface area contributed by atoms with Crippen molar-refractivity contribution in [2.45, 2.75) is 6.92 Å². The van der Waals surface area contributed by atoms with Crippen LogP contribution in [0.3, 0.4) is 0 Å². The molecule has 0 spiro atoms. The van der Waals surface area contributed by atoms with E-state index in [4.69, 9.17) is 21.1 Å². The van der Waals surface area contributed by atoms with Gasteiger partial charge in [-0.2, -0.15) is 0 Å². The number of carbonyl (C=O) groups excluding carboxylic acids is 1. The Balaban J connectivity index is 2.22. The molecule has 110 valence electrons. The van der Waals surface area contributed by atoms with E-state index < -0.39 is 0 Å². The average molecular weight is 306 g/mol. The normalized spacial score (nSPS) is 10.1. The van der Waals surface area contributed by atoms with E-state index in [1.54, 1.807) is 44.6 Å². The minimum atomic E-state index is -0.250. The molecule has 1 amide bonds. The van der Waals surface area contributed by atoms with Crippen LogP contribution in [0.4, 0.5) is 5.69 Å². The molecule has 0 aliphatic rings. The Morgan fingerprint density at radius 1 is 1.10 bits per heavy atom. The van der Waals surface area contributed by atoms with Gasteiger partial charge < -0.3 is 14.8 Å². The molecule has 0 unspecified atom stereocenters. The quantitative estimate of drug-likeness (QED) is 0.931. The van der Waals surface area contributed by atoms with Gasteiger partial charge in [0.1, 0.15) is 11.5 Å². The van der Waals surface area contributed by atoms with E-state index in [2.05, 4.69) is 5.32 Å². The van der Waals surface area contributed by atoms with Gasteiger partial charge in [-0.15, -0.1) is 0 Å². The summed E-state index contributed by atoms with van der Waals surface area (Å²) >= 11 is 6.10. The highest BCUT2D eigenvalue weighted by molar-refractivity contribution is 6.34. The Hall–Kier alpha value is -2.20. The number of nitrogens with one attached hydrogen (secondary N) is 1. The maximum atomic E-state index is 12.2. The number of anilines is 1. The van der Waals surface area contributed by atoms with Crippen molar-refractivity contribution < 1.29 is 14.3 Å². The zero-order chi connectivity index (χ0) is 15.4. The summed E-state index contributed by atoms with van der Waals surface area (Å²) in [4.78, 5) is 12.2. The van der Waals surface area contributed by atoms with Gasteiger partial charge in [-0.3, -0.25) is 4.79 Å². The van der Waals surface area contributed by atoms with Gasteiger partial charge in [-0.25, -0.2) is 0 Å². The molecule has 0 aromatic heterocycles. The molecule has 0 radical (unpaired) electrons. The summed E-state index contributed by atoms with van der Waals surface area (Å²) in [6.07, 6.45) is 0. The summed E-state index contributed by atoms with van der Waals surface area (Å²) < 4.78 is 10.3. The van der Waals surface area contributed by atoms with Crippen LogP contribution in [0.1, 0.15) is 15.9 Å². The van der Waals surface area contributed by atoms with E-state index in [-0.39, 0.29) is 5.91 Å². The van der Waals surface area contributed by atoms with Gasteiger partial charge in [0.15, 0.2) is 0 Å². The highest BCUT2D eigenvalue weighted by atomic mass is 35.5. The molecular formula is C16H16ClNO3. The molecule has 1 N–H and O–H groups in total. The lowest BCUT2D eigenvalue weighted by Crippen LogP contribution is -2.12. The van der Waals surface area contributed by atoms with Crippen molar-refractivity contribution in [1.29, 1.82) is 0 Å². The van der Waals surface area contributed by atoms with Crippen LogP contribution in [0.25, 0.3) is 0 Å². The molecule has 0 saturated carbocycles. The molecule has 0 aliphatic heterocycles. The molecular weight excluding hydrogens is 290 g/mol. The van der Waals surface area contributed by atoms with Gasteiger partial charge in [-0.1, -0.05) is 17.7 Å². The number of hydrogen-bond acceptors (Lipinski definition) is 3. The number of aryl methyl sites for hydroxylation is 1. The lowest BCUT2D eigenvalue weighted by Gasteiger charge is -2.10. The van der Waals surface area contributed by atoms with Crippen molar-refractivity contribution in [2.24, 2.45) is 0 Å². The molecule has 2 aromatic carbocycles. The minimum Gasteiger partial charge on any atom is -0.497 e. The minimum absolute atomic E-state index is 0.250. The number of carbonyl (C=O) groups is 1. The maximum absolute atomic E-state index is 12.2.